The smallest absolute Gasteiger partial charge is 0.326 e. The van der Waals surface area contributed by atoms with Crippen molar-refractivity contribution in [3.8, 4) is 0 Å². The van der Waals surface area contributed by atoms with Crippen LogP contribution < -0.4 is 5.32 Å². The molecule has 3 heteroatoms. The van der Waals surface area contributed by atoms with Crippen molar-refractivity contribution in [3.63, 3.8) is 0 Å². The largest absolute Gasteiger partial charge is 0.465 e. The minimum absolute atomic E-state index is 0.124. The minimum atomic E-state index is -0.379. The minimum Gasteiger partial charge on any atom is -0.465 e. The van der Waals surface area contributed by atoms with Crippen LogP contribution in [0.1, 0.15) is 20.3 Å². The molecule has 0 aliphatic carbocycles. The maximum atomic E-state index is 11.1. The molecule has 1 heterocycles. The summed E-state index contributed by atoms with van der Waals surface area (Å²) in [6.45, 7) is 5.08. The van der Waals surface area contributed by atoms with Gasteiger partial charge in [0.25, 0.3) is 0 Å². The van der Waals surface area contributed by atoms with Crippen LogP contribution in [-0.4, -0.2) is 24.7 Å². The van der Waals surface area contributed by atoms with Gasteiger partial charge in [0, 0.05) is 0 Å². The standard InChI is InChI=1S/C7H13NO2/c1-3-10-6(9)7(2)4-5-8-7/h8H,3-5H2,1-2H3/t7-/m1/s1. The average Bonchev–Trinajstić information content (AvgIpc) is 1.83. The number of esters is 1. The second-order valence-electron chi connectivity index (χ2n) is 2.73. The third-order valence-electron chi connectivity index (χ3n) is 1.87. The predicted octanol–water partition coefficient (Wildman–Crippen LogP) is 0.301. The van der Waals surface area contributed by atoms with Crippen molar-refractivity contribution in [1.29, 1.82) is 0 Å². The van der Waals surface area contributed by atoms with Gasteiger partial charge >= 0.3 is 5.97 Å². The molecule has 0 amide bonds. The van der Waals surface area contributed by atoms with Crippen molar-refractivity contribution >= 4 is 5.97 Å². The first-order chi connectivity index (χ1) is 4.69. The summed E-state index contributed by atoms with van der Waals surface area (Å²) in [5.41, 5.74) is -0.379. The summed E-state index contributed by atoms with van der Waals surface area (Å²) in [5.74, 6) is -0.124. The summed E-state index contributed by atoms with van der Waals surface area (Å²) < 4.78 is 4.85. The molecule has 0 radical (unpaired) electrons. The molecule has 1 N–H and O–H groups in total. The molecule has 3 nitrogen and oxygen atoms in total. The van der Waals surface area contributed by atoms with Crippen LogP contribution in [0.5, 0.6) is 0 Å². The number of hydrogen-bond acceptors (Lipinski definition) is 3. The number of carbonyl (C=O) groups excluding carboxylic acids is 1. The van der Waals surface area contributed by atoms with Crippen LogP contribution in [0.3, 0.4) is 0 Å². The predicted molar refractivity (Wildman–Crippen MR) is 37.7 cm³/mol. The molecular formula is C7H13NO2. The van der Waals surface area contributed by atoms with Gasteiger partial charge in [-0.15, -0.1) is 0 Å². The summed E-state index contributed by atoms with van der Waals surface area (Å²) in [6, 6.07) is 0. The monoisotopic (exact) mass is 143 g/mol. The first-order valence-corrected chi connectivity index (χ1v) is 3.61. The van der Waals surface area contributed by atoms with Crippen LogP contribution in [0.25, 0.3) is 0 Å². The second kappa shape index (κ2) is 2.58. The first kappa shape index (κ1) is 7.54. The summed E-state index contributed by atoms with van der Waals surface area (Å²) in [5, 5.41) is 3.03. The van der Waals surface area contributed by atoms with Crippen LogP contribution in [0.15, 0.2) is 0 Å². The maximum Gasteiger partial charge on any atom is 0.326 e. The van der Waals surface area contributed by atoms with Gasteiger partial charge in [0.1, 0.15) is 5.54 Å². The molecule has 1 saturated heterocycles. The zero-order chi connectivity index (χ0) is 7.61. The fraction of sp³-hybridized carbons (Fsp3) is 0.857. The lowest BCUT2D eigenvalue weighted by atomic mass is 9.91. The van der Waals surface area contributed by atoms with Crippen molar-refractivity contribution in [3.05, 3.63) is 0 Å². The van der Waals surface area contributed by atoms with Gasteiger partial charge in [-0.3, -0.25) is 4.79 Å². The molecule has 58 valence electrons. The molecule has 0 saturated carbocycles. The molecule has 0 unspecified atom stereocenters. The Morgan fingerprint density at radius 2 is 2.40 bits per heavy atom. The molecule has 1 rings (SSSR count). The molecule has 0 aromatic heterocycles. The van der Waals surface area contributed by atoms with E-state index in [1.165, 1.54) is 0 Å². The second-order valence-corrected chi connectivity index (χ2v) is 2.73. The SMILES string of the molecule is CCOC(=O)[C@@]1(C)CCN1. The van der Waals surface area contributed by atoms with Gasteiger partial charge in [0.15, 0.2) is 0 Å². The van der Waals surface area contributed by atoms with Gasteiger partial charge in [0.05, 0.1) is 6.61 Å². The van der Waals surface area contributed by atoms with Crippen LogP contribution in [0, 0.1) is 0 Å². The molecule has 1 atom stereocenters. The molecule has 0 aromatic carbocycles. The van der Waals surface area contributed by atoms with Crippen molar-refractivity contribution in [1.82, 2.24) is 5.32 Å². The number of hydrogen-bond donors (Lipinski definition) is 1. The highest BCUT2D eigenvalue weighted by Crippen LogP contribution is 2.18. The van der Waals surface area contributed by atoms with Crippen molar-refractivity contribution in [2.45, 2.75) is 25.8 Å². The van der Waals surface area contributed by atoms with E-state index < -0.39 is 0 Å². The van der Waals surface area contributed by atoms with Crippen molar-refractivity contribution in [2.75, 3.05) is 13.2 Å². The summed E-state index contributed by atoms with van der Waals surface area (Å²) in [4.78, 5) is 11.1. The Hall–Kier alpha value is -0.570. The molecular weight excluding hydrogens is 130 g/mol. The lowest BCUT2D eigenvalue weighted by Crippen LogP contribution is -2.60. The molecule has 1 aliphatic rings. The number of rotatable bonds is 2. The molecule has 1 aliphatic heterocycles. The topological polar surface area (TPSA) is 38.3 Å². The fourth-order valence-corrected chi connectivity index (χ4v) is 0.965. The van der Waals surface area contributed by atoms with Crippen LogP contribution in [-0.2, 0) is 9.53 Å². The highest BCUT2D eigenvalue weighted by atomic mass is 16.5. The number of nitrogens with one attached hydrogen (secondary N) is 1. The number of carbonyl (C=O) groups is 1. The van der Waals surface area contributed by atoms with Crippen molar-refractivity contribution < 1.29 is 9.53 Å². The van der Waals surface area contributed by atoms with Gasteiger partial charge < -0.3 is 10.1 Å². The Balaban J connectivity index is 2.39. The number of ether oxygens (including phenoxy) is 1. The molecule has 0 bridgehead atoms. The van der Waals surface area contributed by atoms with E-state index in [0.717, 1.165) is 13.0 Å². The average molecular weight is 143 g/mol. The summed E-state index contributed by atoms with van der Waals surface area (Å²) in [7, 11) is 0. The molecule has 10 heavy (non-hydrogen) atoms. The Labute approximate surface area is 60.7 Å². The lowest BCUT2D eigenvalue weighted by molar-refractivity contribution is -0.153. The van der Waals surface area contributed by atoms with Crippen LogP contribution >= 0.6 is 0 Å². The van der Waals surface area contributed by atoms with E-state index in [-0.39, 0.29) is 11.5 Å². The van der Waals surface area contributed by atoms with Crippen LogP contribution in [0.2, 0.25) is 0 Å². The highest BCUT2D eigenvalue weighted by molar-refractivity contribution is 5.81. The van der Waals surface area contributed by atoms with Gasteiger partial charge in [-0.25, -0.2) is 0 Å². The quantitative estimate of drug-likeness (QED) is 0.565. The Morgan fingerprint density at radius 3 is 2.70 bits per heavy atom. The third kappa shape index (κ3) is 1.14. The molecule has 0 aromatic rings. The van der Waals surface area contributed by atoms with E-state index >= 15 is 0 Å². The van der Waals surface area contributed by atoms with Gasteiger partial charge in [-0.05, 0) is 26.8 Å². The molecule has 0 spiro atoms. The Bertz CT molecular complexity index is 141. The van der Waals surface area contributed by atoms with E-state index in [1.54, 1.807) is 0 Å². The van der Waals surface area contributed by atoms with Gasteiger partial charge in [0.2, 0.25) is 0 Å². The van der Waals surface area contributed by atoms with Crippen molar-refractivity contribution in [2.24, 2.45) is 0 Å². The maximum absolute atomic E-state index is 11.1. The fourth-order valence-electron chi connectivity index (χ4n) is 0.965. The van der Waals surface area contributed by atoms with Gasteiger partial charge in [-0.2, -0.15) is 0 Å². The van der Waals surface area contributed by atoms with Gasteiger partial charge in [-0.1, -0.05) is 0 Å². The first-order valence-electron chi connectivity index (χ1n) is 3.61. The van der Waals surface area contributed by atoms with E-state index in [1.807, 2.05) is 13.8 Å². The zero-order valence-corrected chi connectivity index (χ0v) is 6.44. The normalized spacial score (nSPS) is 31.0. The van der Waals surface area contributed by atoms with E-state index in [2.05, 4.69) is 5.32 Å². The summed E-state index contributed by atoms with van der Waals surface area (Å²) >= 11 is 0. The lowest BCUT2D eigenvalue weighted by Gasteiger charge is -2.36. The summed E-state index contributed by atoms with van der Waals surface area (Å²) in [6.07, 6.45) is 0.895. The zero-order valence-electron chi connectivity index (χ0n) is 6.44. The third-order valence-corrected chi connectivity index (χ3v) is 1.87. The van der Waals surface area contributed by atoms with E-state index in [4.69, 9.17) is 4.74 Å². The van der Waals surface area contributed by atoms with Crippen LogP contribution in [0.4, 0.5) is 0 Å². The Morgan fingerprint density at radius 1 is 1.80 bits per heavy atom. The van der Waals surface area contributed by atoms with E-state index in [0.29, 0.717) is 6.61 Å². The highest BCUT2D eigenvalue weighted by Gasteiger charge is 2.40. The molecule has 1 fully saturated rings. The van der Waals surface area contributed by atoms with E-state index in [9.17, 15) is 4.79 Å². The Kier molecular flexibility index (Phi) is 1.94.